The molecule has 1 heterocycles. The number of ether oxygens (including phenoxy) is 1. The molecule has 1 unspecified atom stereocenters. The van der Waals surface area contributed by atoms with Crippen LogP contribution in [0, 0.1) is 0 Å². The number of carbonyl (C=O) groups is 2. The predicted molar refractivity (Wildman–Crippen MR) is 134 cm³/mol. The highest BCUT2D eigenvalue weighted by molar-refractivity contribution is 6.46. The Morgan fingerprint density at radius 1 is 1.00 bits per heavy atom. The van der Waals surface area contributed by atoms with E-state index in [4.69, 9.17) is 4.74 Å². The van der Waals surface area contributed by atoms with Gasteiger partial charge in [-0.2, -0.15) is 0 Å². The average molecular weight is 459 g/mol. The highest BCUT2D eigenvalue weighted by Gasteiger charge is 2.46. The maximum absolute atomic E-state index is 13.3. The smallest absolute Gasteiger partial charge is 0.295 e. The van der Waals surface area contributed by atoms with Crippen molar-refractivity contribution in [1.82, 2.24) is 9.80 Å². The van der Waals surface area contributed by atoms with Crippen LogP contribution < -0.4 is 4.74 Å². The second-order valence-electron chi connectivity index (χ2n) is 9.06. The number of hydrogen-bond acceptors (Lipinski definition) is 5. The van der Waals surface area contributed by atoms with Gasteiger partial charge in [0.2, 0.25) is 0 Å². The SMILES string of the molecule is CC(C)Oc1ccc(C2/C(=C(/O)c3cccc4ccccc34)C(=O)C(=O)N2CCN(C)C)cc1. The van der Waals surface area contributed by atoms with Crippen molar-refractivity contribution in [2.24, 2.45) is 0 Å². The van der Waals surface area contributed by atoms with Crippen LogP contribution in [-0.4, -0.2) is 59.9 Å². The third-order valence-corrected chi connectivity index (χ3v) is 5.94. The van der Waals surface area contributed by atoms with Gasteiger partial charge in [-0.1, -0.05) is 54.6 Å². The molecule has 1 fully saturated rings. The van der Waals surface area contributed by atoms with Gasteiger partial charge in [-0.3, -0.25) is 9.59 Å². The average Bonchev–Trinajstić information content (AvgIpc) is 3.07. The van der Waals surface area contributed by atoms with Gasteiger partial charge in [0.15, 0.2) is 0 Å². The molecule has 6 heteroatoms. The van der Waals surface area contributed by atoms with E-state index < -0.39 is 17.7 Å². The maximum Gasteiger partial charge on any atom is 0.295 e. The number of Topliss-reactive ketones (excluding diaryl/α,β-unsaturated/α-hetero) is 1. The number of amides is 1. The lowest BCUT2D eigenvalue weighted by molar-refractivity contribution is -0.140. The van der Waals surface area contributed by atoms with Gasteiger partial charge in [-0.05, 0) is 56.4 Å². The molecule has 0 saturated carbocycles. The van der Waals surface area contributed by atoms with Gasteiger partial charge < -0.3 is 19.6 Å². The zero-order valence-corrected chi connectivity index (χ0v) is 20.0. The first-order valence-electron chi connectivity index (χ1n) is 11.5. The third-order valence-electron chi connectivity index (χ3n) is 5.94. The minimum absolute atomic E-state index is 0.0305. The first kappa shape index (κ1) is 23.5. The van der Waals surface area contributed by atoms with Gasteiger partial charge in [0.05, 0.1) is 17.7 Å². The van der Waals surface area contributed by atoms with Crippen molar-refractivity contribution < 1.29 is 19.4 Å². The molecule has 1 N–H and O–H groups in total. The van der Waals surface area contributed by atoms with Crippen molar-refractivity contribution in [2.75, 3.05) is 27.2 Å². The van der Waals surface area contributed by atoms with Crippen LogP contribution in [0.1, 0.15) is 31.0 Å². The molecular weight excluding hydrogens is 428 g/mol. The van der Waals surface area contributed by atoms with E-state index in [-0.39, 0.29) is 17.4 Å². The summed E-state index contributed by atoms with van der Waals surface area (Å²) in [5.74, 6) is -0.721. The van der Waals surface area contributed by atoms with Crippen molar-refractivity contribution in [3.8, 4) is 5.75 Å². The van der Waals surface area contributed by atoms with E-state index in [1.54, 1.807) is 11.0 Å². The van der Waals surface area contributed by atoms with Gasteiger partial charge in [0.1, 0.15) is 11.5 Å². The van der Waals surface area contributed by atoms with Crippen molar-refractivity contribution in [1.29, 1.82) is 0 Å². The fourth-order valence-electron chi connectivity index (χ4n) is 4.34. The summed E-state index contributed by atoms with van der Waals surface area (Å²) in [6.07, 6.45) is 0.0305. The Morgan fingerprint density at radius 3 is 2.35 bits per heavy atom. The van der Waals surface area contributed by atoms with Crippen LogP contribution in [-0.2, 0) is 9.59 Å². The summed E-state index contributed by atoms with van der Waals surface area (Å²) in [5.41, 5.74) is 1.39. The molecule has 0 aliphatic carbocycles. The van der Waals surface area contributed by atoms with Crippen molar-refractivity contribution in [2.45, 2.75) is 26.0 Å². The summed E-state index contributed by atoms with van der Waals surface area (Å²) in [6.45, 7) is 4.85. The molecule has 176 valence electrons. The molecule has 1 atom stereocenters. The second-order valence-corrected chi connectivity index (χ2v) is 9.06. The number of likely N-dealkylation sites (tertiary alicyclic amines) is 1. The van der Waals surface area contributed by atoms with E-state index >= 15 is 0 Å². The van der Waals surface area contributed by atoms with Crippen LogP contribution in [0.15, 0.2) is 72.3 Å². The lowest BCUT2D eigenvalue weighted by Crippen LogP contribution is -2.35. The zero-order valence-electron chi connectivity index (χ0n) is 20.0. The number of nitrogens with zero attached hydrogens (tertiary/aromatic N) is 2. The molecule has 0 aromatic heterocycles. The predicted octanol–water partition coefficient (Wildman–Crippen LogP) is 4.61. The molecule has 1 aliphatic rings. The molecule has 0 spiro atoms. The lowest BCUT2D eigenvalue weighted by Gasteiger charge is -2.27. The topological polar surface area (TPSA) is 70.1 Å². The maximum atomic E-state index is 13.3. The van der Waals surface area contributed by atoms with E-state index in [2.05, 4.69) is 0 Å². The van der Waals surface area contributed by atoms with E-state index in [1.165, 1.54) is 0 Å². The molecule has 1 aliphatic heterocycles. The first-order valence-corrected chi connectivity index (χ1v) is 11.5. The van der Waals surface area contributed by atoms with E-state index in [1.807, 2.05) is 93.5 Å². The Labute approximate surface area is 200 Å². The molecule has 1 amide bonds. The second kappa shape index (κ2) is 9.69. The van der Waals surface area contributed by atoms with Gasteiger partial charge >= 0.3 is 0 Å². The normalized spacial score (nSPS) is 17.8. The number of rotatable bonds is 7. The molecule has 3 aromatic carbocycles. The molecule has 3 aromatic rings. The summed E-state index contributed by atoms with van der Waals surface area (Å²) >= 11 is 0. The number of carbonyl (C=O) groups excluding carboxylic acids is 2. The van der Waals surface area contributed by atoms with E-state index in [0.29, 0.717) is 24.4 Å². The van der Waals surface area contributed by atoms with Crippen LogP contribution in [0.5, 0.6) is 5.75 Å². The standard InChI is InChI=1S/C28H30N2O4/c1-18(2)34-21-14-12-20(13-15-21)25-24(27(32)28(33)30(25)17-16-29(3)4)26(31)23-11-7-9-19-8-5-6-10-22(19)23/h5-15,18,25,31H,16-17H2,1-4H3/b26-24-. The Kier molecular flexibility index (Phi) is 6.70. The quantitative estimate of drug-likeness (QED) is 0.318. The summed E-state index contributed by atoms with van der Waals surface area (Å²) in [5, 5.41) is 13.2. The number of benzene rings is 3. The highest BCUT2D eigenvalue weighted by Crippen LogP contribution is 2.40. The Hall–Kier alpha value is -3.64. The van der Waals surface area contributed by atoms with Crippen molar-refractivity contribution in [3.63, 3.8) is 0 Å². The monoisotopic (exact) mass is 458 g/mol. The fourth-order valence-corrected chi connectivity index (χ4v) is 4.34. The van der Waals surface area contributed by atoms with Gasteiger partial charge in [-0.15, -0.1) is 0 Å². The van der Waals surface area contributed by atoms with Crippen LogP contribution in [0.4, 0.5) is 0 Å². The van der Waals surface area contributed by atoms with Crippen molar-refractivity contribution in [3.05, 3.63) is 83.4 Å². The van der Waals surface area contributed by atoms with Gasteiger partial charge in [0, 0.05) is 18.7 Å². The van der Waals surface area contributed by atoms with E-state index in [0.717, 1.165) is 16.3 Å². The Bertz CT molecular complexity index is 1240. The van der Waals surface area contributed by atoms with Gasteiger partial charge in [0.25, 0.3) is 11.7 Å². The van der Waals surface area contributed by atoms with Crippen LogP contribution >= 0.6 is 0 Å². The van der Waals surface area contributed by atoms with Crippen molar-refractivity contribution >= 4 is 28.2 Å². The Balaban J connectivity index is 1.86. The summed E-state index contributed by atoms with van der Waals surface area (Å²) in [7, 11) is 3.83. The van der Waals surface area contributed by atoms with Crippen LogP contribution in [0.25, 0.3) is 16.5 Å². The molecule has 1 saturated heterocycles. The first-order chi connectivity index (χ1) is 16.3. The minimum atomic E-state index is -0.688. The molecule has 0 bridgehead atoms. The van der Waals surface area contributed by atoms with Gasteiger partial charge in [-0.25, -0.2) is 0 Å². The minimum Gasteiger partial charge on any atom is -0.507 e. The number of likely N-dealkylation sites (N-methyl/N-ethyl adjacent to an activating group) is 1. The fraction of sp³-hybridized carbons (Fsp3) is 0.286. The number of hydrogen-bond donors (Lipinski definition) is 1. The number of fused-ring (bicyclic) bond motifs is 1. The summed E-state index contributed by atoms with van der Waals surface area (Å²) in [6, 6.07) is 19.9. The molecule has 0 radical (unpaired) electrons. The summed E-state index contributed by atoms with van der Waals surface area (Å²) < 4.78 is 5.76. The number of aliphatic hydroxyl groups excluding tert-OH is 1. The summed E-state index contributed by atoms with van der Waals surface area (Å²) in [4.78, 5) is 29.9. The largest absolute Gasteiger partial charge is 0.507 e. The lowest BCUT2D eigenvalue weighted by atomic mass is 9.93. The zero-order chi connectivity index (χ0) is 24.4. The highest BCUT2D eigenvalue weighted by atomic mass is 16.5. The molecule has 34 heavy (non-hydrogen) atoms. The Morgan fingerprint density at radius 2 is 1.68 bits per heavy atom. The van der Waals surface area contributed by atoms with Crippen LogP contribution in [0.2, 0.25) is 0 Å². The number of ketones is 1. The van der Waals surface area contributed by atoms with Crippen LogP contribution in [0.3, 0.4) is 0 Å². The molecule has 4 rings (SSSR count). The molecule has 6 nitrogen and oxygen atoms in total. The molecular formula is C28H30N2O4. The third kappa shape index (κ3) is 4.54. The number of aliphatic hydroxyl groups is 1. The van der Waals surface area contributed by atoms with E-state index in [9.17, 15) is 14.7 Å².